The maximum atomic E-state index is 10.0. The van der Waals surface area contributed by atoms with Gasteiger partial charge in [-0.25, -0.2) is 0 Å². The minimum atomic E-state index is 0.120. The zero-order chi connectivity index (χ0) is 22.9. The first-order valence-electron chi connectivity index (χ1n) is 10.8. The summed E-state index contributed by atoms with van der Waals surface area (Å²) in [4.78, 5) is 0. The van der Waals surface area contributed by atoms with Gasteiger partial charge in [0.2, 0.25) is 0 Å². The number of allylic oxidation sites excluding steroid dienone is 2. The highest BCUT2D eigenvalue weighted by atomic mass is 16.5. The van der Waals surface area contributed by atoms with Gasteiger partial charge in [0.1, 0.15) is 18.1 Å². The summed E-state index contributed by atoms with van der Waals surface area (Å²) in [6, 6.07) is 20.9. The zero-order valence-electron chi connectivity index (χ0n) is 18.9. The summed E-state index contributed by atoms with van der Waals surface area (Å²) in [5.74, 6) is 1.65. The molecule has 3 aromatic carbocycles. The van der Waals surface area contributed by atoms with Crippen molar-refractivity contribution in [2.24, 2.45) is 0 Å². The smallest absolute Gasteiger partial charge is 0.161 e. The maximum absolute atomic E-state index is 10.0. The van der Waals surface area contributed by atoms with E-state index < -0.39 is 0 Å². The number of hydrogen-bond acceptors (Lipinski definition) is 5. The first kappa shape index (κ1) is 23.2. The third kappa shape index (κ3) is 5.83. The topological polar surface area (TPSA) is 71.0 Å². The van der Waals surface area contributed by atoms with E-state index >= 15 is 0 Å². The van der Waals surface area contributed by atoms with Crippen molar-refractivity contribution in [3.8, 4) is 23.0 Å². The molecule has 0 fully saturated rings. The number of hydrogen-bond donors (Lipinski definition) is 3. The third-order valence-corrected chi connectivity index (χ3v) is 5.39. The van der Waals surface area contributed by atoms with Crippen molar-refractivity contribution in [2.75, 3.05) is 27.3 Å². The zero-order valence-corrected chi connectivity index (χ0v) is 18.9. The second-order valence-corrected chi connectivity index (χ2v) is 7.52. The van der Waals surface area contributed by atoms with E-state index in [-0.39, 0.29) is 11.5 Å². The van der Waals surface area contributed by atoms with Crippen LogP contribution in [0.5, 0.6) is 23.0 Å². The van der Waals surface area contributed by atoms with Crippen LogP contribution in [0.25, 0.3) is 11.1 Å². The maximum Gasteiger partial charge on any atom is 0.161 e. The van der Waals surface area contributed by atoms with Crippen molar-refractivity contribution in [3.05, 3.63) is 83.4 Å². The minimum Gasteiger partial charge on any atom is -0.508 e. The van der Waals surface area contributed by atoms with Crippen LogP contribution < -0.4 is 14.8 Å². The van der Waals surface area contributed by atoms with E-state index in [9.17, 15) is 10.2 Å². The molecule has 0 atom stereocenters. The van der Waals surface area contributed by atoms with Gasteiger partial charge in [-0.05, 0) is 84.1 Å². The standard InChI is InChI=1S/C27H31NO4/c1-4-24(21-9-14-26(30)27(18-21)31-3)25(17-19-5-10-22(29)11-6-19)20-7-12-23(13-8-20)32-16-15-28-2/h5-14,18,28-30H,4,15-17H2,1-3H3/b25-24-. The Morgan fingerprint density at radius 2 is 1.56 bits per heavy atom. The van der Waals surface area contributed by atoms with E-state index in [0.717, 1.165) is 35.4 Å². The van der Waals surface area contributed by atoms with Crippen LogP contribution in [0, 0.1) is 0 Å². The molecular formula is C27H31NO4. The van der Waals surface area contributed by atoms with E-state index in [1.165, 1.54) is 11.1 Å². The predicted molar refractivity (Wildman–Crippen MR) is 129 cm³/mol. The van der Waals surface area contributed by atoms with Gasteiger partial charge in [0.15, 0.2) is 11.5 Å². The van der Waals surface area contributed by atoms with Crippen LogP contribution in [0.15, 0.2) is 66.7 Å². The molecule has 0 bridgehead atoms. The number of phenols is 2. The lowest BCUT2D eigenvalue weighted by Gasteiger charge is -2.17. The largest absolute Gasteiger partial charge is 0.508 e. The number of nitrogens with one attached hydrogen (secondary N) is 1. The number of phenolic OH excluding ortho intramolecular Hbond substituents is 2. The van der Waals surface area contributed by atoms with Crippen LogP contribution in [0.3, 0.4) is 0 Å². The monoisotopic (exact) mass is 433 g/mol. The number of ether oxygens (including phenoxy) is 2. The summed E-state index contributed by atoms with van der Waals surface area (Å²) in [5, 5.41) is 22.8. The fraction of sp³-hybridized carbons (Fsp3) is 0.259. The van der Waals surface area contributed by atoms with E-state index in [2.05, 4.69) is 24.4 Å². The molecule has 0 saturated carbocycles. The van der Waals surface area contributed by atoms with Gasteiger partial charge in [-0.2, -0.15) is 0 Å². The lowest BCUT2D eigenvalue weighted by atomic mass is 9.88. The van der Waals surface area contributed by atoms with Gasteiger partial charge in [0.25, 0.3) is 0 Å². The molecule has 5 heteroatoms. The first-order chi connectivity index (χ1) is 15.5. The van der Waals surface area contributed by atoms with E-state index in [0.29, 0.717) is 18.8 Å². The summed E-state index contributed by atoms with van der Waals surface area (Å²) < 4.78 is 11.1. The van der Waals surface area contributed by atoms with Gasteiger partial charge in [-0.1, -0.05) is 37.3 Å². The Labute approximate surface area is 190 Å². The Hall–Kier alpha value is -3.44. The van der Waals surface area contributed by atoms with Crippen LogP contribution in [0.1, 0.15) is 30.0 Å². The number of methoxy groups -OCH3 is 1. The number of aromatic hydroxyl groups is 2. The molecule has 0 radical (unpaired) electrons. The Kier molecular flexibility index (Phi) is 8.17. The molecule has 0 aliphatic heterocycles. The van der Waals surface area contributed by atoms with Gasteiger partial charge in [-0.3, -0.25) is 0 Å². The van der Waals surface area contributed by atoms with Crippen molar-refractivity contribution in [3.63, 3.8) is 0 Å². The van der Waals surface area contributed by atoms with E-state index in [4.69, 9.17) is 9.47 Å². The summed E-state index contributed by atoms with van der Waals surface area (Å²) >= 11 is 0. The fourth-order valence-electron chi connectivity index (χ4n) is 3.68. The minimum absolute atomic E-state index is 0.120. The first-order valence-corrected chi connectivity index (χ1v) is 10.8. The fourth-order valence-corrected chi connectivity index (χ4v) is 3.68. The molecule has 0 aliphatic carbocycles. The Bertz CT molecular complexity index is 1040. The van der Waals surface area contributed by atoms with Crippen LogP contribution >= 0.6 is 0 Å². The average molecular weight is 434 g/mol. The molecule has 3 aromatic rings. The van der Waals surface area contributed by atoms with Crippen molar-refractivity contribution in [1.29, 1.82) is 0 Å². The highest BCUT2D eigenvalue weighted by Gasteiger charge is 2.14. The molecule has 3 N–H and O–H groups in total. The van der Waals surface area contributed by atoms with Gasteiger partial charge < -0.3 is 25.0 Å². The number of likely N-dealkylation sites (N-methyl/N-ethyl adjacent to an activating group) is 1. The van der Waals surface area contributed by atoms with Crippen LogP contribution in [0.4, 0.5) is 0 Å². The molecule has 0 amide bonds. The highest BCUT2D eigenvalue weighted by molar-refractivity contribution is 5.92. The van der Waals surface area contributed by atoms with Crippen molar-refractivity contribution in [1.82, 2.24) is 5.32 Å². The molecular weight excluding hydrogens is 402 g/mol. The summed E-state index contributed by atoms with van der Waals surface area (Å²) in [7, 11) is 3.45. The van der Waals surface area contributed by atoms with Crippen molar-refractivity contribution < 1.29 is 19.7 Å². The molecule has 32 heavy (non-hydrogen) atoms. The van der Waals surface area contributed by atoms with Crippen molar-refractivity contribution in [2.45, 2.75) is 19.8 Å². The molecule has 0 aliphatic rings. The lowest BCUT2D eigenvalue weighted by Crippen LogP contribution is -2.15. The molecule has 0 heterocycles. The summed E-state index contributed by atoms with van der Waals surface area (Å²) in [5.41, 5.74) is 5.55. The van der Waals surface area contributed by atoms with Gasteiger partial charge in [0.05, 0.1) is 7.11 Å². The molecule has 0 aromatic heterocycles. The average Bonchev–Trinajstić information content (AvgIpc) is 2.82. The van der Waals surface area contributed by atoms with Crippen LogP contribution in [-0.4, -0.2) is 37.5 Å². The molecule has 0 spiro atoms. The Morgan fingerprint density at radius 3 is 2.19 bits per heavy atom. The predicted octanol–water partition coefficient (Wildman–Crippen LogP) is 5.27. The van der Waals surface area contributed by atoms with Crippen LogP contribution in [0.2, 0.25) is 0 Å². The molecule has 3 rings (SSSR count). The summed E-state index contributed by atoms with van der Waals surface area (Å²) in [6.45, 7) is 3.52. The number of benzene rings is 3. The molecule has 0 saturated heterocycles. The van der Waals surface area contributed by atoms with Crippen LogP contribution in [-0.2, 0) is 6.42 Å². The molecule has 0 unspecified atom stereocenters. The van der Waals surface area contributed by atoms with E-state index in [1.807, 2.05) is 43.4 Å². The van der Waals surface area contributed by atoms with Gasteiger partial charge in [0, 0.05) is 6.54 Å². The molecule has 168 valence electrons. The second-order valence-electron chi connectivity index (χ2n) is 7.52. The molecule has 5 nitrogen and oxygen atoms in total. The highest BCUT2D eigenvalue weighted by Crippen LogP contribution is 2.36. The van der Waals surface area contributed by atoms with Crippen molar-refractivity contribution >= 4 is 11.1 Å². The summed E-state index contributed by atoms with van der Waals surface area (Å²) in [6.07, 6.45) is 1.51. The number of rotatable bonds is 10. The van der Waals surface area contributed by atoms with E-state index in [1.54, 1.807) is 25.3 Å². The normalized spacial score (nSPS) is 11.7. The lowest BCUT2D eigenvalue weighted by molar-refractivity contribution is 0.318. The third-order valence-electron chi connectivity index (χ3n) is 5.39. The quantitative estimate of drug-likeness (QED) is 0.300. The second kappa shape index (κ2) is 11.3. The SMILES string of the molecule is CC/C(=C(\Cc1ccc(O)cc1)c1ccc(OCCNC)cc1)c1ccc(O)c(OC)c1. The van der Waals surface area contributed by atoms with Gasteiger partial charge in [-0.15, -0.1) is 0 Å². The Morgan fingerprint density at radius 1 is 0.875 bits per heavy atom. The van der Waals surface area contributed by atoms with Gasteiger partial charge >= 0.3 is 0 Å². The Balaban J connectivity index is 2.05.